The summed E-state index contributed by atoms with van der Waals surface area (Å²) in [6.45, 7) is 5.67. The average molecular weight is 290 g/mol. The fourth-order valence-corrected chi connectivity index (χ4v) is 1.14. The molecule has 0 heterocycles. The highest BCUT2D eigenvalue weighted by Crippen LogP contribution is 1.94. The highest BCUT2D eigenvalue weighted by atomic mass is 16.6. The van der Waals surface area contributed by atoms with Crippen molar-refractivity contribution in [3.63, 3.8) is 0 Å². The van der Waals surface area contributed by atoms with Crippen LogP contribution in [0.3, 0.4) is 0 Å². The zero-order chi connectivity index (χ0) is 15.4. The Morgan fingerprint density at radius 2 is 1.40 bits per heavy atom. The molecule has 20 heavy (non-hydrogen) atoms. The van der Waals surface area contributed by atoms with E-state index in [-0.39, 0.29) is 19.8 Å². The topological polar surface area (TPSA) is 103 Å². The predicted octanol–water partition coefficient (Wildman–Crippen LogP) is 1.15. The predicted molar refractivity (Wildman–Crippen MR) is 70.0 cm³/mol. The molecular weight excluding hydrogens is 268 g/mol. The van der Waals surface area contributed by atoms with Gasteiger partial charge in [0, 0.05) is 0 Å². The molecule has 2 amide bonds. The van der Waals surface area contributed by atoms with Gasteiger partial charge in [0.15, 0.2) is 0 Å². The summed E-state index contributed by atoms with van der Waals surface area (Å²) in [6.07, 6.45) is -1.46. The number of hydrogen-bond acceptors (Lipinski definition) is 6. The largest absolute Gasteiger partial charge is 0.463 e. The van der Waals surface area contributed by atoms with Crippen LogP contribution in [0, 0.1) is 0 Å². The Balaban J connectivity index is 4.47. The van der Waals surface area contributed by atoms with E-state index in [1.165, 1.54) is 0 Å². The molecule has 0 saturated carbocycles. The standard InChI is InChI=1S/C12H22N2O6/c1-4-7-8-20-10(15)9(13-11(16)18-5-2)14-12(17)19-6-3/h9H,4-8H2,1-3H3,(H,13,16)(H,14,17). The molecule has 0 spiro atoms. The minimum Gasteiger partial charge on any atom is -0.463 e. The number of alkyl carbamates (subject to hydrolysis) is 2. The summed E-state index contributed by atoms with van der Waals surface area (Å²) in [7, 11) is 0. The van der Waals surface area contributed by atoms with Crippen LogP contribution in [-0.2, 0) is 19.0 Å². The Kier molecular flexibility index (Phi) is 9.81. The van der Waals surface area contributed by atoms with E-state index in [9.17, 15) is 14.4 Å². The van der Waals surface area contributed by atoms with Crippen LogP contribution in [0.1, 0.15) is 33.6 Å². The molecular formula is C12H22N2O6. The Morgan fingerprint density at radius 3 is 1.80 bits per heavy atom. The lowest BCUT2D eigenvalue weighted by Crippen LogP contribution is -2.53. The molecule has 0 aromatic rings. The molecule has 0 aromatic heterocycles. The van der Waals surface area contributed by atoms with E-state index in [2.05, 4.69) is 20.1 Å². The van der Waals surface area contributed by atoms with Gasteiger partial charge in [-0.2, -0.15) is 0 Å². The van der Waals surface area contributed by atoms with Gasteiger partial charge >= 0.3 is 18.2 Å². The van der Waals surface area contributed by atoms with E-state index in [0.29, 0.717) is 6.42 Å². The van der Waals surface area contributed by atoms with Gasteiger partial charge in [-0.1, -0.05) is 13.3 Å². The van der Waals surface area contributed by atoms with Crippen molar-refractivity contribution in [2.24, 2.45) is 0 Å². The van der Waals surface area contributed by atoms with Gasteiger partial charge in [-0.25, -0.2) is 14.4 Å². The molecule has 0 bridgehead atoms. The van der Waals surface area contributed by atoms with E-state index in [1.807, 2.05) is 6.92 Å². The number of carbonyl (C=O) groups excluding carboxylic acids is 3. The quantitative estimate of drug-likeness (QED) is 0.301. The first kappa shape index (κ1) is 18.0. The third-order valence-electron chi connectivity index (χ3n) is 2.05. The number of rotatable bonds is 8. The lowest BCUT2D eigenvalue weighted by molar-refractivity contribution is -0.147. The van der Waals surface area contributed by atoms with Gasteiger partial charge in [-0.3, -0.25) is 10.6 Å². The van der Waals surface area contributed by atoms with E-state index in [1.54, 1.807) is 13.8 Å². The van der Waals surface area contributed by atoms with Crippen molar-refractivity contribution in [1.29, 1.82) is 0 Å². The molecule has 0 aliphatic heterocycles. The van der Waals surface area contributed by atoms with Crippen LogP contribution in [0.25, 0.3) is 0 Å². The number of unbranched alkanes of at least 4 members (excludes halogenated alkanes) is 1. The van der Waals surface area contributed by atoms with Crippen LogP contribution < -0.4 is 10.6 Å². The van der Waals surface area contributed by atoms with Gasteiger partial charge in [0.05, 0.1) is 19.8 Å². The molecule has 0 aromatic carbocycles. The van der Waals surface area contributed by atoms with Crippen molar-refractivity contribution >= 4 is 18.2 Å². The van der Waals surface area contributed by atoms with Crippen LogP contribution in [0.4, 0.5) is 9.59 Å². The Morgan fingerprint density at radius 1 is 0.900 bits per heavy atom. The summed E-state index contributed by atoms with van der Waals surface area (Å²) in [5, 5.41) is 4.37. The third-order valence-corrected chi connectivity index (χ3v) is 2.05. The smallest absolute Gasteiger partial charge is 0.409 e. The molecule has 8 heteroatoms. The average Bonchev–Trinajstić information content (AvgIpc) is 2.38. The van der Waals surface area contributed by atoms with Gasteiger partial charge < -0.3 is 14.2 Å². The third kappa shape index (κ3) is 8.17. The van der Waals surface area contributed by atoms with Gasteiger partial charge in [0.2, 0.25) is 6.17 Å². The summed E-state index contributed by atoms with van der Waals surface area (Å²) in [5.41, 5.74) is 0. The highest BCUT2D eigenvalue weighted by Gasteiger charge is 2.25. The SMILES string of the molecule is CCCCOC(=O)C(NC(=O)OCC)NC(=O)OCC. The normalized spacial score (nSPS) is 9.80. The number of ether oxygens (including phenoxy) is 3. The van der Waals surface area contributed by atoms with Crippen molar-refractivity contribution < 1.29 is 28.6 Å². The molecule has 0 unspecified atom stereocenters. The van der Waals surface area contributed by atoms with E-state index in [0.717, 1.165) is 6.42 Å². The first-order valence-electron chi connectivity index (χ1n) is 6.58. The maximum atomic E-state index is 11.7. The van der Waals surface area contributed by atoms with Gasteiger partial charge in [0.25, 0.3) is 0 Å². The van der Waals surface area contributed by atoms with Crippen LogP contribution in [0.15, 0.2) is 0 Å². The van der Waals surface area contributed by atoms with Crippen molar-refractivity contribution in [1.82, 2.24) is 10.6 Å². The number of amides is 2. The summed E-state index contributed by atoms with van der Waals surface area (Å²) < 4.78 is 14.2. The van der Waals surface area contributed by atoms with Crippen LogP contribution in [0.5, 0.6) is 0 Å². The lowest BCUT2D eigenvalue weighted by atomic mass is 10.4. The first-order valence-corrected chi connectivity index (χ1v) is 6.58. The maximum absolute atomic E-state index is 11.7. The molecule has 0 aliphatic rings. The number of esters is 1. The van der Waals surface area contributed by atoms with Crippen molar-refractivity contribution in [2.75, 3.05) is 19.8 Å². The zero-order valence-corrected chi connectivity index (χ0v) is 12.1. The lowest BCUT2D eigenvalue weighted by Gasteiger charge is -2.18. The minimum atomic E-state index is -1.34. The fraction of sp³-hybridized carbons (Fsp3) is 0.750. The van der Waals surface area contributed by atoms with Crippen LogP contribution in [-0.4, -0.2) is 44.1 Å². The number of carbonyl (C=O) groups is 3. The van der Waals surface area contributed by atoms with Crippen LogP contribution in [0.2, 0.25) is 0 Å². The Labute approximate surface area is 118 Å². The Bertz CT molecular complexity index is 301. The van der Waals surface area contributed by atoms with E-state index < -0.39 is 24.3 Å². The maximum Gasteiger partial charge on any atom is 0.409 e. The van der Waals surface area contributed by atoms with Gasteiger partial charge in [-0.05, 0) is 20.3 Å². The molecule has 8 nitrogen and oxygen atoms in total. The summed E-state index contributed by atoms with van der Waals surface area (Å²) in [5.74, 6) is -0.778. The second-order valence-corrected chi connectivity index (χ2v) is 3.68. The molecule has 0 fully saturated rings. The van der Waals surface area contributed by atoms with Gasteiger partial charge in [0.1, 0.15) is 0 Å². The molecule has 0 saturated heterocycles. The van der Waals surface area contributed by atoms with Crippen molar-refractivity contribution in [2.45, 2.75) is 39.8 Å². The van der Waals surface area contributed by atoms with E-state index >= 15 is 0 Å². The molecule has 0 radical (unpaired) electrons. The van der Waals surface area contributed by atoms with Crippen molar-refractivity contribution in [3.05, 3.63) is 0 Å². The number of nitrogens with one attached hydrogen (secondary N) is 2. The first-order chi connectivity index (χ1) is 9.54. The number of hydrogen-bond donors (Lipinski definition) is 2. The molecule has 2 N–H and O–H groups in total. The zero-order valence-electron chi connectivity index (χ0n) is 12.1. The minimum absolute atomic E-state index is 0.142. The molecule has 0 aliphatic carbocycles. The second kappa shape index (κ2) is 10.9. The van der Waals surface area contributed by atoms with Crippen LogP contribution >= 0.6 is 0 Å². The summed E-state index contributed by atoms with van der Waals surface area (Å²) in [4.78, 5) is 34.3. The molecule has 116 valence electrons. The summed E-state index contributed by atoms with van der Waals surface area (Å²) >= 11 is 0. The summed E-state index contributed by atoms with van der Waals surface area (Å²) in [6, 6.07) is 0. The van der Waals surface area contributed by atoms with Crippen molar-refractivity contribution in [3.8, 4) is 0 Å². The Hall–Kier alpha value is -1.99. The highest BCUT2D eigenvalue weighted by molar-refractivity contribution is 5.84. The van der Waals surface area contributed by atoms with E-state index in [4.69, 9.17) is 4.74 Å². The monoisotopic (exact) mass is 290 g/mol. The molecule has 0 atom stereocenters. The fourth-order valence-electron chi connectivity index (χ4n) is 1.14. The second-order valence-electron chi connectivity index (χ2n) is 3.68. The molecule has 0 rings (SSSR count). The van der Waals surface area contributed by atoms with Gasteiger partial charge in [-0.15, -0.1) is 0 Å².